The normalized spacial score (nSPS) is 21.8. The fourth-order valence-corrected chi connectivity index (χ4v) is 3.92. The highest BCUT2D eigenvalue weighted by molar-refractivity contribution is 7.22. The highest BCUT2D eigenvalue weighted by Crippen LogP contribution is 2.40. The van der Waals surface area contributed by atoms with Gasteiger partial charge in [0.25, 0.3) is 0 Å². The molecule has 0 bridgehead atoms. The molecule has 2 aliphatic rings. The van der Waals surface area contributed by atoms with E-state index in [1.54, 1.807) is 11.3 Å². The third kappa shape index (κ3) is 1.88. The van der Waals surface area contributed by atoms with E-state index >= 15 is 0 Å². The number of benzene rings is 1. The molecule has 0 aliphatic carbocycles. The van der Waals surface area contributed by atoms with Crippen LogP contribution in [0.15, 0.2) is 18.2 Å². The Morgan fingerprint density at radius 2 is 2.05 bits per heavy atom. The van der Waals surface area contributed by atoms with Gasteiger partial charge in [-0.3, -0.25) is 0 Å². The van der Waals surface area contributed by atoms with Crippen molar-refractivity contribution in [3.63, 3.8) is 0 Å². The van der Waals surface area contributed by atoms with Crippen LogP contribution >= 0.6 is 11.3 Å². The number of anilines is 2. The Bertz CT molecular complexity index is 610. The van der Waals surface area contributed by atoms with Crippen molar-refractivity contribution in [1.82, 2.24) is 4.98 Å². The van der Waals surface area contributed by atoms with Crippen LogP contribution in [0.2, 0.25) is 0 Å². The summed E-state index contributed by atoms with van der Waals surface area (Å²) in [4.78, 5) is 7.13. The molecule has 0 saturated carbocycles. The van der Waals surface area contributed by atoms with Gasteiger partial charge in [-0.25, -0.2) is 4.98 Å². The standard InChI is InChI=1S/C14H17N3OS/c15-10-1-2-12-11(7-10)16-13(19-12)17-5-3-14(4-6-17)8-18-9-14/h1-2,7H,3-6,8-9,15H2. The lowest BCUT2D eigenvalue weighted by Gasteiger charge is -2.47. The maximum Gasteiger partial charge on any atom is 0.186 e. The van der Waals surface area contributed by atoms with Crippen LogP contribution in [0.4, 0.5) is 10.8 Å². The molecule has 1 aromatic heterocycles. The van der Waals surface area contributed by atoms with E-state index in [0.29, 0.717) is 5.41 Å². The zero-order valence-electron chi connectivity index (χ0n) is 10.8. The van der Waals surface area contributed by atoms with Crippen molar-refractivity contribution in [2.24, 2.45) is 5.41 Å². The molecule has 2 fully saturated rings. The number of rotatable bonds is 1. The number of nitrogen functional groups attached to an aromatic ring is 1. The Balaban J connectivity index is 1.57. The molecule has 0 unspecified atom stereocenters. The van der Waals surface area contributed by atoms with Gasteiger partial charge >= 0.3 is 0 Å². The minimum Gasteiger partial charge on any atom is -0.399 e. The molecule has 3 heterocycles. The van der Waals surface area contributed by atoms with Gasteiger partial charge in [-0.15, -0.1) is 0 Å². The van der Waals surface area contributed by atoms with Gasteiger partial charge in [0, 0.05) is 24.2 Å². The highest BCUT2D eigenvalue weighted by Gasteiger charge is 2.41. The molecule has 2 N–H and O–H groups in total. The Morgan fingerprint density at radius 1 is 1.26 bits per heavy atom. The molecule has 0 radical (unpaired) electrons. The number of hydrogen-bond donors (Lipinski definition) is 1. The average molecular weight is 275 g/mol. The smallest absolute Gasteiger partial charge is 0.186 e. The molecule has 0 atom stereocenters. The molecule has 0 amide bonds. The lowest BCUT2D eigenvalue weighted by Crippen LogP contribution is -2.50. The monoisotopic (exact) mass is 275 g/mol. The zero-order chi connectivity index (χ0) is 12.9. The SMILES string of the molecule is Nc1ccc2sc(N3CCC4(CC3)COC4)nc2c1. The predicted octanol–water partition coefficient (Wildman–Crippen LogP) is 2.50. The van der Waals surface area contributed by atoms with Crippen LogP contribution in [0.5, 0.6) is 0 Å². The molecule has 1 aromatic carbocycles. The van der Waals surface area contributed by atoms with Gasteiger partial charge in [-0.1, -0.05) is 11.3 Å². The third-order valence-electron chi connectivity index (χ3n) is 4.31. The third-order valence-corrected chi connectivity index (χ3v) is 5.41. The molecule has 2 saturated heterocycles. The molecule has 1 spiro atoms. The number of aromatic nitrogens is 1. The van der Waals surface area contributed by atoms with Crippen LogP contribution in [0.3, 0.4) is 0 Å². The highest BCUT2D eigenvalue weighted by atomic mass is 32.1. The van der Waals surface area contributed by atoms with Crippen molar-refractivity contribution in [2.45, 2.75) is 12.8 Å². The minimum atomic E-state index is 0.484. The molecule has 4 nitrogen and oxygen atoms in total. The van der Waals surface area contributed by atoms with E-state index in [1.165, 1.54) is 17.5 Å². The number of piperidine rings is 1. The van der Waals surface area contributed by atoms with Gasteiger partial charge in [0.1, 0.15) is 0 Å². The van der Waals surface area contributed by atoms with Crippen LogP contribution in [0.1, 0.15) is 12.8 Å². The van der Waals surface area contributed by atoms with Crippen LogP contribution in [0.25, 0.3) is 10.2 Å². The van der Waals surface area contributed by atoms with Gasteiger partial charge in [0.2, 0.25) is 0 Å². The Hall–Kier alpha value is -1.33. The van der Waals surface area contributed by atoms with E-state index < -0.39 is 0 Å². The number of fused-ring (bicyclic) bond motifs is 1. The minimum absolute atomic E-state index is 0.484. The molecule has 2 aromatic rings. The van der Waals surface area contributed by atoms with Crippen LogP contribution in [0, 0.1) is 5.41 Å². The van der Waals surface area contributed by atoms with E-state index in [4.69, 9.17) is 15.5 Å². The van der Waals surface area contributed by atoms with E-state index in [0.717, 1.165) is 42.6 Å². The zero-order valence-corrected chi connectivity index (χ0v) is 11.6. The first-order valence-electron chi connectivity index (χ1n) is 6.73. The largest absolute Gasteiger partial charge is 0.399 e. The Kier molecular flexibility index (Phi) is 2.47. The first-order chi connectivity index (χ1) is 9.24. The second kappa shape index (κ2) is 4.08. The summed E-state index contributed by atoms with van der Waals surface area (Å²) >= 11 is 1.77. The topological polar surface area (TPSA) is 51.4 Å². The van der Waals surface area contributed by atoms with E-state index in [9.17, 15) is 0 Å². The molecular weight excluding hydrogens is 258 g/mol. The fourth-order valence-electron chi connectivity index (χ4n) is 2.92. The summed E-state index contributed by atoms with van der Waals surface area (Å²) in [6, 6.07) is 5.97. The number of ether oxygens (including phenoxy) is 1. The molecule has 100 valence electrons. The second-order valence-corrected chi connectivity index (χ2v) is 6.71. The molecule has 4 rings (SSSR count). The van der Waals surface area contributed by atoms with Gasteiger partial charge in [-0.05, 0) is 31.0 Å². The van der Waals surface area contributed by atoms with E-state index in [-0.39, 0.29) is 0 Å². The number of nitrogens with zero attached hydrogens (tertiary/aromatic N) is 2. The summed E-state index contributed by atoms with van der Waals surface area (Å²) in [5, 5.41) is 1.13. The molecular formula is C14H17N3OS. The number of hydrogen-bond acceptors (Lipinski definition) is 5. The molecule has 2 aliphatic heterocycles. The maximum atomic E-state index is 5.81. The Morgan fingerprint density at radius 3 is 2.74 bits per heavy atom. The summed E-state index contributed by atoms with van der Waals surface area (Å²) in [6.07, 6.45) is 2.45. The summed E-state index contributed by atoms with van der Waals surface area (Å²) in [7, 11) is 0. The average Bonchev–Trinajstić information content (AvgIpc) is 2.80. The van der Waals surface area contributed by atoms with Crippen molar-refractivity contribution in [3.05, 3.63) is 18.2 Å². The first-order valence-corrected chi connectivity index (χ1v) is 7.55. The molecule has 19 heavy (non-hydrogen) atoms. The quantitative estimate of drug-likeness (QED) is 0.812. The number of nitrogens with two attached hydrogens (primary N) is 1. The van der Waals surface area contributed by atoms with E-state index in [2.05, 4.69) is 11.0 Å². The summed E-state index contributed by atoms with van der Waals surface area (Å²) < 4.78 is 6.59. The second-order valence-electron chi connectivity index (χ2n) is 5.70. The van der Waals surface area contributed by atoms with Crippen molar-refractivity contribution in [1.29, 1.82) is 0 Å². The van der Waals surface area contributed by atoms with Crippen LogP contribution < -0.4 is 10.6 Å². The van der Waals surface area contributed by atoms with Crippen LogP contribution in [-0.4, -0.2) is 31.3 Å². The van der Waals surface area contributed by atoms with Gasteiger partial charge in [0.05, 0.1) is 23.4 Å². The van der Waals surface area contributed by atoms with Crippen molar-refractivity contribution in [3.8, 4) is 0 Å². The lowest BCUT2D eigenvalue weighted by molar-refractivity contribution is -0.124. The Labute approximate surface area is 116 Å². The first kappa shape index (κ1) is 11.5. The summed E-state index contributed by atoms with van der Waals surface area (Å²) in [5.41, 5.74) is 8.10. The molecule has 5 heteroatoms. The predicted molar refractivity (Wildman–Crippen MR) is 78.7 cm³/mol. The van der Waals surface area contributed by atoms with Crippen molar-refractivity contribution < 1.29 is 4.74 Å². The van der Waals surface area contributed by atoms with Crippen molar-refractivity contribution >= 4 is 32.4 Å². The maximum absolute atomic E-state index is 5.81. The van der Waals surface area contributed by atoms with E-state index in [1.807, 2.05) is 12.1 Å². The fraction of sp³-hybridized carbons (Fsp3) is 0.500. The van der Waals surface area contributed by atoms with Crippen molar-refractivity contribution in [2.75, 3.05) is 36.9 Å². The summed E-state index contributed by atoms with van der Waals surface area (Å²) in [5.74, 6) is 0. The van der Waals surface area contributed by atoms with Gasteiger partial charge in [0.15, 0.2) is 5.13 Å². The van der Waals surface area contributed by atoms with Crippen LogP contribution in [-0.2, 0) is 4.74 Å². The lowest BCUT2D eigenvalue weighted by atomic mass is 9.77. The number of thiazole rings is 1. The van der Waals surface area contributed by atoms with Gasteiger partial charge < -0.3 is 15.4 Å². The van der Waals surface area contributed by atoms with Gasteiger partial charge in [-0.2, -0.15) is 0 Å². The summed E-state index contributed by atoms with van der Waals surface area (Å²) in [6.45, 7) is 4.10.